The number of fused-ring (bicyclic) bond motifs is 1. The molecule has 2 heterocycles. The molecule has 3 aromatic rings. The summed E-state index contributed by atoms with van der Waals surface area (Å²) in [6.07, 6.45) is 3.32. The Morgan fingerprint density at radius 2 is 2.24 bits per heavy atom. The van der Waals surface area contributed by atoms with E-state index in [1.165, 1.54) is 0 Å². The molecule has 0 atom stereocenters. The molecule has 0 fully saturated rings. The molecular weight excluding hydrogens is 220 g/mol. The lowest BCUT2D eigenvalue weighted by atomic mass is 10.2. The molecule has 0 aliphatic carbocycles. The van der Waals surface area contributed by atoms with Gasteiger partial charge in [0.15, 0.2) is 5.58 Å². The lowest BCUT2D eigenvalue weighted by Crippen LogP contribution is -1.97. The summed E-state index contributed by atoms with van der Waals surface area (Å²) in [4.78, 5) is 13.6. The predicted octanol–water partition coefficient (Wildman–Crippen LogP) is 2.33. The third-order valence-electron chi connectivity index (χ3n) is 2.50. The van der Waals surface area contributed by atoms with Gasteiger partial charge in [-0.05, 0) is 24.3 Å². The van der Waals surface area contributed by atoms with Gasteiger partial charge in [0.1, 0.15) is 0 Å². The zero-order valence-electron chi connectivity index (χ0n) is 8.90. The van der Waals surface area contributed by atoms with Crippen LogP contribution in [0, 0.1) is 0 Å². The van der Waals surface area contributed by atoms with Gasteiger partial charge in [0.25, 0.3) is 0 Å². The van der Waals surface area contributed by atoms with Crippen LogP contribution < -0.4 is 11.1 Å². The fourth-order valence-electron chi connectivity index (χ4n) is 1.66. The van der Waals surface area contributed by atoms with Gasteiger partial charge in [-0.15, -0.1) is 0 Å². The van der Waals surface area contributed by atoms with E-state index in [4.69, 9.17) is 8.83 Å². The van der Waals surface area contributed by atoms with Crippen molar-refractivity contribution in [2.75, 3.05) is 5.32 Å². The highest BCUT2D eigenvalue weighted by Gasteiger charge is 2.02. The van der Waals surface area contributed by atoms with Crippen LogP contribution in [0.15, 0.2) is 50.4 Å². The second-order valence-electron chi connectivity index (χ2n) is 3.71. The van der Waals surface area contributed by atoms with Crippen LogP contribution in [0.5, 0.6) is 0 Å². The van der Waals surface area contributed by atoms with Gasteiger partial charge in [0.2, 0.25) is 0 Å². The summed E-state index contributed by atoms with van der Waals surface area (Å²) in [5.74, 6) is -0.438. The second kappa shape index (κ2) is 3.86. The van der Waals surface area contributed by atoms with Crippen LogP contribution in [0.1, 0.15) is 5.56 Å². The van der Waals surface area contributed by atoms with Gasteiger partial charge >= 0.3 is 5.76 Å². The maximum atomic E-state index is 11.0. The van der Waals surface area contributed by atoms with Crippen molar-refractivity contribution in [3.05, 3.63) is 52.9 Å². The standard InChI is InChI=1S/C12H10N2O3/c15-12-14-10-5-9(1-2-11(10)17-12)13-6-8-3-4-16-7-8/h1-5,7,13H,6H2,(H,14,15). The lowest BCUT2D eigenvalue weighted by molar-refractivity contribution is 0.555. The molecule has 0 saturated carbocycles. The minimum absolute atomic E-state index is 0.438. The molecule has 1 aromatic carbocycles. The average Bonchev–Trinajstić information content (AvgIpc) is 2.92. The molecule has 0 aliphatic rings. The van der Waals surface area contributed by atoms with Gasteiger partial charge in [-0.25, -0.2) is 4.79 Å². The summed E-state index contributed by atoms with van der Waals surface area (Å²) in [5, 5.41) is 3.22. The van der Waals surface area contributed by atoms with Crippen molar-refractivity contribution < 1.29 is 8.83 Å². The van der Waals surface area contributed by atoms with Crippen molar-refractivity contribution in [1.29, 1.82) is 0 Å². The van der Waals surface area contributed by atoms with Crippen LogP contribution in [-0.2, 0) is 6.54 Å². The first-order valence-electron chi connectivity index (χ1n) is 5.19. The molecular formula is C12H10N2O3. The maximum absolute atomic E-state index is 11.0. The molecule has 0 aliphatic heterocycles. The van der Waals surface area contributed by atoms with Crippen molar-refractivity contribution in [3.63, 3.8) is 0 Å². The first-order valence-corrected chi connectivity index (χ1v) is 5.19. The third kappa shape index (κ3) is 1.94. The van der Waals surface area contributed by atoms with Gasteiger partial charge in [-0.1, -0.05) is 0 Å². The molecule has 0 unspecified atom stereocenters. The molecule has 5 nitrogen and oxygen atoms in total. The Balaban J connectivity index is 1.83. The zero-order valence-corrected chi connectivity index (χ0v) is 8.90. The van der Waals surface area contributed by atoms with E-state index in [-0.39, 0.29) is 0 Å². The Bertz CT molecular complexity index is 679. The minimum Gasteiger partial charge on any atom is -0.472 e. The Labute approximate surface area is 96.1 Å². The summed E-state index contributed by atoms with van der Waals surface area (Å²) in [7, 11) is 0. The van der Waals surface area contributed by atoms with E-state index in [9.17, 15) is 4.79 Å². The van der Waals surface area contributed by atoms with Crippen LogP contribution in [0.4, 0.5) is 5.69 Å². The number of aromatic amines is 1. The molecule has 2 N–H and O–H groups in total. The Morgan fingerprint density at radius 3 is 3.06 bits per heavy atom. The van der Waals surface area contributed by atoms with Gasteiger partial charge in [0, 0.05) is 17.8 Å². The highest BCUT2D eigenvalue weighted by molar-refractivity contribution is 5.76. The third-order valence-corrected chi connectivity index (χ3v) is 2.50. The van der Waals surface area contributed by atoms with Gasteiger partial charge < -0.3 is 14.2 Å². The molecule has 17 heavy (non-hydrogen) atoms. The number of hydrogen-bond donors (Lipinski definition) is 2. The normalized spacial score (nSPS) is 10.8. The summed E-state index contributed by atoms with van der Waals surface area (Å²) in [6, 6.07) is 7.34. The molecule has 0 amide bonds. The molecule has 2 aromatic heterocycles. The Hall–Kier alpha value is -2.43. The molecule has 5 heteroatoms. The first kappa shape index (κ1) is 9.77. The Kier molecular flexibility index (Phi) is 2.22. The molecule has 0 radical (unpaired) electrons. The van der Waals surface area contributed by atoms with Crippen molar-refractivity contribution in [3.8, 4) is 0 Å². The van der Waals surface area contributed by atoms with E-state index in [1.54, 1.807) is 18.6 Å². The Morgan fingerprint density at radius 1 is 1.29 bits per heavy atom. The minimum atomic E-state index is -0.438. The van der Waals surface area contributed by atoms with Crippen molar-refractivity contribution in [1.82, 2.24) is 4.98 Å². The summed E-state index contributed by atoms with van der Waals surface area (Å²) >= 11 is 0. The highest BCUT2D eigenvalue weighted by Crippen LogP contribution is 2.16. The molecule has 0 bridgehead atoms. The van der Waals surface area contributed by atoms with Crippen molar-refractivity contribution >= 4 is 16.8 Å². The smallest absolute Gasteiger partial charge is 0.417 e. The number of nitrogens with one attached hydrogen (secondary N) is 2. The molecule has 0 saturated heterocycles. The van der Waals surface area contributed by atoms with E-state index < -0.39 is 5.76 Å². The number of aromatic nitrogens is 1. The number of oxazole rings is 1. The maximum Gasteiger partial charge on any atom is 0.417 e. The monoisotopic (exact) mass is 230 g/mol. The van der Waals surface area contributed by atoms with E-state index >= 15 is 0 Å². The SMILES string of the molecule is O=c1[nH]c2cc(NCc3ccoc3)ccc2o1. The van der Waals surface area contributed by atoms with E-state index in [0.29, 0.717) is 17.6 Å². The second-order valence-corrected chi connectivity index (χ2v) is 3.71. The zero-order chi connectivity index (χ0) is 11.7. The molecule has 3 rings (SSSR count). The fourth-order valence-corrected chi connectivity index (χ4v) is 1.66. The quantitative estimate of drug-likeness (QED) is 0.724. The van der Waals surface area contributed by atoms with Crippen LogP contribution in [0.3, 0.4) is 0 Å². The summed E-state index contributed by atoms with van der Waals surface area (Å²) in [5.41, 5.74) is 3.22. The number of rotatable bonds is 3. The van der Waals surface area contributed by atoms with Crippen LogP contribution in [-0.4, -0.2) is 4.98 Å². The van der Waals surface area contributed by atoms with Crippen molar-refractivity contribution in [2.24, 2.45) is 0 Å². The van der Waals surface area contributed by atoms with Gasteiger partial charge in [-0.2, -0.15) is 0 Å². The number of hydrogen-bond acceptors (Lipinski definition) is 4. The summed E-state index contributed by atoms with van der Waals surface area (Å²) in [6.45, 7) is 0.671. The van der Waals surface area contributed by atoms with E-state index in [2.05, 4.69) is 10.3 Å². The fraction of sp³-hybridized carbons (Fsp3) is 0.0833. The number of furan rings is 1. The summed E-state index contributed by atoms with van der Waals surface area (Å²) < 4.78 is 9.89. The van der Waals surface area contributed by atoms with Gasteiger partial charge in [0.05, 0.1) is 18.0 Å². The van der Waals surface area contributed by atoms with E-state index in [1.807, 2.05) is 18.2 Å². The number of H-pyrrole nitrogens is 1. The topological polar surface area (TPSA) is 71.2 Å². The first-order chi connectivity index (χ1) is 8.31. The lowest BCUT2D eigenvalue weighted by Gasteiger charge is -2.03. The highest BCUT2D eigenvalue weighted by atomic mass is 16.4. The number of anilines is 1. The average molecular weight is 230 g/mol. The van der Waals surface area contributed by atoms with Gasteiger partial charge in [-0.3, -0.25) is 4.98 Å². The molecule has 86 valence electrons. The molecule has 0 spiro atoms. The van der Waals surface area contributed by atoms with Crippen LogP contribution in [0.25, 0.3) is 11.1 Å². The van der Waals surface area contributed by atoms with Crippen LogP contribution in [0.2, 0.25) is 0 Å². The number of benzene rings is 1. The largest absolute Gasteiger partial charge is 0.472 e. The van der Waals surface area contributed by atoms with E-state index in [0.717, 1.165) is 11.3 Å². The van der Waals surface area contributed by atoms with Crippen molar-refractivity contribution in [2.45, 2.75) is 6.54 Å². The predicted molar refractivity (Wildman–Crippen MR) is 62.9 cm³/mol. The van der Waals surface area contributed by atoms with Crippen LogP contribution >= 0.6 is 0 Å².